The number of nitrogens with zero attached hydrogens (tertiary/aromatic N) is 1. The quantitative estimate of drug-likeness (QED) is 0.728. The van der Waals surface area contributed by atoms with E-state index in [1.165, 1.54) is 0 Å². The van der Waals surface area contributed by atoms with Crippen LogP contribution in [-0.4, -0.2) is 21.3 Å². The SMILES string of the molecule is NC(CO)c1ccc2c(c1)[nH]c(=O)n2C1CC1. The molecular formula is C12H15N3O2. The van der Waals surface area contributed by atoms with Gasteiger partial charge in [0.15, 0.2) is 0 Å². The number of aliphatic hydroxyl groups is 1. The number of aromatic nitrogens is 2. The lowest BCUT2D eigenvalue weighted by atomic mass is 10.1. The maximum atomic E-state index is 11.8. The zero-order valence-electron chi connectivity index (χ0n) is 9.39. The third kappa shape index (κ3) is 1.67. The Morgan fingerprint density at radius 2 is 2.29 bits per heavy atom. The molecule has 1 aliphatic carbocycles. The van der Waals surface area contributed by atoms with Crippen molar-refractivity contribution < 1.29 is 5.11 Å². The highest BCUT2D eigenvalue weighted by atomic mass is 16.3. The first-order chi connectivity index (χ1) is 8.20. The van der Waals surface area contributed by atoms with Gasteiger partial charge in [-0.05, 0) is 30.5 Å². The normalized spacial score (nSPS) is 17.5. The Morgan fingerprint density at radius 3 is 2.94 bits per heavy atom. The summed E-state index contributed by atoms with van der Waals surface area (Å²) in [6.07, 6.45) is 2.15. The summed E-state index contributed by atoms with van der Waals surface area (Å²) >= 11 is 0. The van der Waals surface area contributed by atoms with Crippen molar-refractivity contribution >= 4 is 11.0 Å². The lowest BCUT2D eigenvalue weighted by molar-refractivity contribution is 0.268. The van der Waals surface area contributed by atoms with Crippen LogP contribution in [0.4, 0.5) is 0 Å². The molecule has 5 nitrogen and oxygen atoms in total. The van der Waals surface area contributed by atoms with Crippen LogP contribution in [0.25, 0.3) is 11.0 Å². The molecule has 1 aliphatic rings. The van der Waals surface area contributed by atoms with Crippen LogP contribution < -0.4 is 11.4 Å². The fourth-order valence-electron chi connectivity index (χ4n) is 2.18. The molecule has 1 fully saturated rings. The molecule has 0 spiro atoms. The summed E-state index contributed by atoms with van der Waals surface area (Å²) in [4.78, 5) is 14.6. The second kappa shape index (κ2) is 3.72. The smallest absolute Gasteiger partial charge is 0.326 e. The Bertz CT molecular complexity index is 610. The van der Waals surface area contributed by atoms with E-state index >= 15 is 0 Å². The van der Waals surface area contributed by atoms with Gasteiger partial charge in [-0.1, -0.05) is 6.07 Å². The molecule has 1 aromatic heterocycles. The van der Waals surface area contributed by atoms with Crippen LogP contribution in [0.3, 0.4) is 0 Å². The van der Waals surface area contributed by atoms with Crippen LogP contribution in [0.2, 0.25) is 0 Å². The molecule has 1 unspecified atom stereocenters. The molecule has 1 aromatic carbocycles. The van der Waals surface area contributed by atoms with E-state index in [4.69, 9.17) is 10.8 Å². The van der Waals surface area contributed by atoms with Crippen LogP contribution in [0.5, 0.6) is 0 Å². The van der Waals surface area contributed by atoms with Gasteiger partial charge in [0, 0.05) is 6.04 Å². The second-order valence-electron chi connectivity index (χ2n) is 4.60. The first kappa shape index (κ1) is 10.6. The average Bonchev–Trinajstić information content (AvgIpc) is 3.10. The Balaban J connectivity index is 2.15. The summed E-state index contributed by atoms with van der Waals surface area (Å²) in [5.41, 5.74) is 8.25. The first-order valence-corrected chi connectivity index (χ1v) is 5.81. The summed E-state index contributed by atoms with van der Waals surface area (Å²) in [6, 6.07) is 5.57. The largest absolute Gasteiger partial charge is 0.394 e. The Hall–Kier alpha value is -1.59. The van der Waals surface area contributed by atoms with E-state index in [1.54, 1.807) is 0 Å². The first-order valence-electron chi connectivity index (χ1n) is 5.81. The number of hydrogen-bond acceptors (Lipinski definition) is 3. The third-order valence-electron chi connectivity index (χ3n) is 3.28. The number of aliphatic hydroxyl groups excluding tert-OH is 1. The van der Waals surface area contributed by atoms with E-state index < -0.39 is 6.04 Å². The molecular weight excluding hydrogens is 218 g/mol. The summed E-state index contributed by atoms with van der Waals surface area (Å²) < 4.78 is 1.81. The molecule has 0 bridgehead atoms. The summed E-state index contributed by atoms with van der Waals surface area (Å²) in [5.74, 6) is 0. The van der Waals surface area contributed by atoms with Crippen LogP contribution in [-0.2, 0) is 0 Å². The van der Waals surface area contributed by atoms with Gasteiger partial charge < -0.3 is 15.8 Å². The molecule has 90 valence electrons. The Labute approximate surface area is 97.9 Å². The summed E-state index contributed by atoms with van der Waals surface area (Å²) in [7, 11) is 0. The highest BCUT2D eigenvalue weighted by Gasteiger charge is 2.27. The summed E-state index contributed by atoms with van der Waals surface area (Å²) in [5, 5.41) is 9.02. The predicted octanol–water partition coefficient (Wildman–Crippen LogP) is 0.657. The van der Waals surface area contributed by atoms with Crippen LogP contribution in [0.1, 0.15) is 30.5 Å². The maximum absolute atomic E-state index is 11.8. The highest BCUT2D eigenvalue weighted by molar-refractivity contribution is 5.76. The number of nitrogens with two attached hydrogens (primary N) is 1. The van der Waals surface area contributed by atoms with Gasteiger partial charge in [-0.3, -0.25) is 4.57 Å². The monoisotopic (exact) mass is 233 g/mol. The molecule has 3 rings (SSSR count). The van der Waals surface area contributed by atoms with E-state index in [0.29, 0.717) is 6.04 Å². The van der Waals surface area contributed by atoms with E-state index in [0.717, 1.165) is 29.4 Å². The van der Waals surface area contributed by atoms with E-state index in [-0.39, 0.29) is 12.3 Å². The number of nitrogens with one attached hydrogen (secondary N) is 1. The van der Waals surface area contributed by atoms with E-state index in [9.17, 15) is 4.79 Å². The number of H-pyrrole nitrogens is 1. The number of imidazole rings is 1. The zero-order chi connectivity index (χ0) is 12.0. The molecule has 0 saturated heterocycles. The number of hydrogen-bond donors (Lipinski definition) is 3. The molecule has 0 aliphatic heterocycles. The van der Waals surface area contributed by atoms with Crippen molar-refractivity contribution in [3.05, 3.63) is 34.2 Å². The highest BCUT2D eigenvalue weighted by Crippen LogP contribution is 2.35. The van der Waals surface area contributed by atoms with Crippen LogP contribution in [0, 0.1) is 0 Å². The molecule has 0 radical (unpaired) electrons. The van der Waals surface area contributed by atoms with Gasteiger partial charge in [-0.25, -0.2) is 4.79 Å². The Morgan fingerprint density at radius 1 is 1.53 bits per heavy atom. The third-order valence-corrected chi connectivity index (χ3v) is 3.28. The zero-order valence-corrected chi connectivity index (χ0v) is 9.39. The number of rotatable bonds is 3. The van der Waals surface area contributed by atoms with Gasteiger partial charge in [0.2, 0.25) is 0 Å². The second-order valence-corrected chi connectivity index (χ2v) is 4.60. The number of fused-ring (bicyclic) bond motifs is 1. The minimum atomic E-state index is -0.396. The van der Waals surface area contributed by atoms with E-state index in [2.05, 4.69) is 4.98 Å². The van der Waals surface area contributed by atoms with Gasteiger partial charge >= 0.3 is 5.69 Å². The molecule has 0 amide bonds. The lowest BCUT2D eigenvalue weighted by Crippen LogP contribution is -2.15. The van der Waals surface area contributed by atoms with Crippen molar-refractivity contribution in [2.24, 2.45) is 5.73 Å². The van der Waals surface area contributed by atoms with Crippen LogP contribution in [0.15, 0.2) is 23.0 Å². The molecule has 1 saturated carbocycles. The lowest BCUT2D eigenvalue weighted by Gasteiger charge is -2.08. The summed E-state index contributed by atoms with van der Waals surface area (Å²) in [6.45, 7) is -0.0981. The minimum Gasteiger partial charge on any atom is -0.394 e. The van der Waals surface area contributed by atoms with Crippen molar-refractivity contribution in [2.75, 3.05) is 6.61 Å². The van der Waals surface area contributed by atoms with Gasteiger partial charge in [-0.15, -0.1) is 0 Å². The topological polar surface area (TPSA) is 84.0 Å². The van der Waals surface area contributed by atoms with Crippen molar-refractivity contribution in [2.45, 2.75) is 24.9 Å². The number of aromatic amines is 1. The maximum Gasteiger partial charge on any atom is 0.326 e. The van der Waals surface area contributed by atoms with Gasteiger partial charge in [-0.2, -0.15) is 0 Å². The predicted molar refractivity (Wildman–Crippen MR) is 64.8 cm³/mol. The average molecular weight is 233 g/mol. The molecule has 4 N–H and O–H groups in total. The standard InChI is InChI=1S/C12H15N3O2/c13-9(6-16)7-1-4-11-10(5-7)14-12(17)15(11)8-2-3-8/h1,4-5,8-9,16H,2-3,6,13H2,(H,14,17). The number of benzene rings is 1. The van der Waals surface area contributed by atoms with E-state index in [1.807, 2.05) is 22.8 Å². The Kier molecular flexibility index (Phi) is 2.31. The van der Waals surface area contributed by atoms with Gasteiger partial charge in [0.05, 0.1) is 23.7 Å². The van der Waals surface area contributed by atoms with Crippen molar-refractivity contribution in [1.82, 2.24) is 9.55 Å². The van der Waals surface area contributed by atoms with Gasteiger partial charge in [0.1, 0.15) is 0 Å². The van der Waals surface area contributed by atoms with Crippen LogP contribution >= 0.6 is 0 Å². The fourth-order valence-corrected chi connectivity index (χ4v) is 2.18. The van der Waals surface area contributed by atoms with Crippen molar-refractivity contribution in [3.8, 4) is 0 Å². The molecule has 17 heavy (non-hydrogen) atoms. The fraction of sp³-hybridized carbons (Fsp3) is 0.417. The van der Waals surface area contributed by atoms with Crippen molar-refractivity contribution in [3.63, 3.8) is 0 Å². The minimum absolute atomic E-state index is 0.0581. The molecule has 5 heteroatoms. The molecule has 1 heterocycles. The van der Waals surface area contributed by atoms with Gasteiger partial charge in [0.25, 0.3) is 0 Å². The molecule has 1 atom stereocenters. The molecule has 2 aromatic rings. The van der Waals surface area contributed by atoms with Crippen molar-refractivity contribution in [1.29, 1.82) is 0 Å².